The molecule has 0 fully saturated rings. The van der Waals surface area contributed by atoms with E-state index < -0.39 is 17.6 Å². The Bertz CT molecular complexity index is 654. The van der Waals surface area contributed by atoms with Gasteiger partial charge >= 0.3 is 0 Å². The lowest BCUT2D eigenvalue weighted by molar-refractivity contribution is 0.0992. The number of amides is 2. The van der Waals surface area contributed by atoms with Gasteiger partial charge in [-0.25, -0.2) is 9.37 Å². The van der Waals surface area contributed by atoms with Crippen LogP contribution in [0.1, 0.15) is 26.4 Å². The number of aryl methyl sites for hydroxylation is 1. The number of halogens is 1. The summed E-state index contributed by atoms with van der Waals surface area (Å²) >= 11 is 1.07. The summed E-state index contributed by atoms with van der Waals surface area (Å²) in [6, 6.07) is 4.17. The molecule has 1 aromatic carbocycles. The third-order valence-electron chi connectivity index (χ3n) is 2.41. The topological polar surface area (TPSA) is 85.1 Å². The van der Waals surface area contributed by atoms with Crippen LogP contribution in [-0.4, -0.2) is 16.8 Å². The lowest BCUT2D eigenvalue weighted by Crippen LogP contribution is -2.14. The van der Waals surface area contributed by atoms with Gasteiger partial charge in [-0.15, -0.1) is 11.3 Å². The molecule has 98 valence electrons. The number of carbonyl (C=O) groups is 2. The highest BCUT2D eigenvalue weighted by molar-refractivity contribution is 7.14. The Hall–Kier alpha value is -2.28. The van der Waals surface area contributed by atoms with Crippen LogP contribution in [0.25, 0.3) is 0 Å². The van der Waals surface area contributed by atoms with E-state index in [0.29, 0.717) is 5.56 Å². The minimum Gasteiger partial charge on any atom is -0.364 e. The zero-order valence-corrected chi connectivity index (χ0v) is 10.8. The number of nitrogens with zero attached hydrogens (tertiary/aromatic N) is 1. The van der Waals surface area contributed by atoms with E-state index >= 15 is 0 Å². The number of thiazole rings is 1. The third-order valence-corrected chi connectivity index (χ3v) is 3.17. The van der Waals surface area contributed by atoms with Crippen molar-refractivity contribution < 1.29 is 14.0 Å². The van der Waals surface area contributed by atoms with E-state index in [2.05, 4.69) is 10.3 Å². The lowest BCUT2D eigenvalue weighted by Gasteiger charge is -2.03. The van der Waals surface area contributed by atoms with Crippen molar-refractivity contribution in [2.75, 3.05) is 5.32 Å². The molecular formula is C12H10FN3O2S. The third kappa shape index (κ3) is 2.94. The van der Waals surface area contributed by atoms with Crippen LogP contribution >= 0.6 is 11.3 Å². The van der Waals surface area contributed by atoms with Crippen molar-refractivity contribution in [1.82, 2.24) is 4.98 Å². The number of rotatable bonds is 3. The van der Waals surface area contributed by atoms with Crippen LogP contribution in [0.4, 0.5) is 9.52 Å². The van der Waals surface area contributed by atoms with Crippen LogP contribution in [0.2, 0.25) is 0 Å². The second kappa shape index (κ2) is 5.15. The average molecular weight is 279 g/mol. The molecule has 2 amide bonds. The van der Waals surface area contributed by atoms with Gasteiger partial charge in [0.15, 0.2) is 5.13 Å². The first-order valence-corrected chi connectivity index (χ1v) is 6.18. The smallest absolute Gasteiger partial charge is 0.268 e. The zero-order chi connectivity index (χ0) is 14.0. The van der Waals surface area contributed by atoms with Crippen LogP contribution in [0.3, 0.4) is 0 Å². The molecule has 0 aliphatic heterocycles. The molecule has 0 saturated carbocycles. The Balaban J connectivity index is 2.15. The van der Waals surface area contributed by atoms with Crippen LogP contribution < -0.4 is 11.1 Å². The molecule has 19 heavy (non-hydrogen) atoms. The minimum absolute atomic E-state index is 0.0791. The Kier molecular flexibility index (Phi) is 3.57. The van der Waals surface area contributed by atoms with E-state index in [9.17, 15) is 14.0 Å². The van der Waals surface area contributed by atoms with Gasteiger partial charge in [0.2, 0.25) is 0 Å². The summed E-state index contributed by atoms with van der Waals surface area (Å²) in [5.41, 5.74) is 5.77. The molecule has 0 bridgehead atoms. The first kappa shape index (κ1) is 13.2. The molecule has 0 unspecified atom stereocenters. The number of primary amides is 1. The number of nitrogens with one attached hydrogen (secondary N) is 1. The van der Waals surface area contributed by atoms with Crippen molar-refractivity contribution in [3.8, 4) is 0 Å². The molecule has 2 rings (SSSR count). The van der Waals surface area contributed by atoms with Crippen LogP contribution in [0.15, 0.2) is 23.6 Å². The predicted octanol–water partition coefficient (Wildman–Crippen LogP) is 1.94. The first-order valence-electron chi connectivity index (χ1n) is 5.30. The monoisotopic (exact) mass is 279 g/mol. The fraction of sp³-hybridized carbons (Fsp3) is 0.0833. The molecule has 0 radical (unpaired) electrons. The summed E-state index contributed by atoms with van der Waals surface area (Å²) in [5, 5.41) is 4.15. The van der Waals surface area contributed by atoms with Gasteiger partial charge in [0.05, 0.1) is 0 Å². The van der Waals surface area contributed by atoms with Gasteiger partial charge in [-0.1, -0.05) is 6.07 Å². The molecule has 7 heteroatoms. The first-order chi connectivity index (χ1) is 8.97. The van der Waals surface area contributed by atoms with Crippen molar-refractivity contribution in [2.45, 2.75) is 6.92 Å². The van der Waals surface area contributed by atoms with Gasteiger partial charge in [-0.3, -0.25) is 14.9 Å². The molecule has 0 aliphatic rings. The van der Waals surface area contributed by atoms with Gasteiger partial charge in [-0.2, -0.15) is 0 Å². The highest BCUT2D eigenvalue weighted by Crippen LogP contribution is 2.17. The summed E-state index contributed by atoms with van der Waals surface area (Å²) in [4.78, 5) is 26.5. The number of anilines is 1. The summed E-state index contributed by atoms with van der Waals surface area (Å²) in [6.07, 6.45) is 0. The Morgan fingerprint density at radius 1 is 1.42 bits per heavy atom. The van der Waals surface area contributed by atoms with Gasteiger partial charge in [0.1, 0.15) is 11.5 Å². The maximum atomic E-state index is 13.3. The second-order valence-electron chi connectivity index (χ2n) is 3.82. The summed E-state index contributed by atoms with van der Waals surface area (Å²) < 4.78 is 13.3. The summed E-state index contributed by atoms with van der Waals surface area (Å²) in [7, 11) is 0. The van der Waals surface area contributed by atoms with Gasteiger partial charge in [-0.05, 0) is 24.6 Å². The van der Waals surface area contributed by atoms with E-state index in [1.807, 2.05) is 0 Å². The number of aromatic nitrogens is 1. The number of carbonyl (C=O) groups excluding carboxylic acids is 2. The van der Waals surface area contributed by atoms with Crippen molar-refractivity contribution in [3.63, 3.8) is 0 Å². The van der Waals surface area contributed by atoms with E-state index in [1.54, 1.807) is 6.92 Å². The van der Waals surface area contributed by atoms with E-state index in [4.69, 9.17) is 5.73 Å². The standard InChI is InChI=1S/C12H10FN3O2S/c1-6-2-3-7(4-8(6)13)11(18)16-12-15-9(5-19-12)10(14)17/h2-5H,1H3,(H2,14,17)(H,15,16,18). The fourth-order valence-electron chi connectivity index (χ4n) is 1.35. The fourth-order valence-corrected chi connectivity index (χ4v) is 2.04. The Morgan fingerprint density at radius 2 is 2.16 bits per heavy atom. The molecule has 5 nitrogen and oxygen atoms in total. The number of hydrogen-bond donors (Lipinski definition) is 2. The average Bonchev–Trinajstić information content (AvgIpc) is 2.81. The maximum absolute atomic E-state index is 13.3. The number of benzene rings is 1. The van der Waals surface area contributed by atoms with E-state index in [1.165, 1.54) is 17.5 Å². The van der Waals surface area contributed by atoms with Gasteiger partial charge < -0.3 is 5.73 Å². The largest absolute Gasteiger partial charge is 0.364 e. The Labute approximate surface area is 112 Å². The van der Waals surface area contributed by atoms with Gasteiger partial charge in [0, 0.05) is 10.9 Å². The zero-order valence-electron chi connectivity index (χ0n) is 9.94. The van der Waals surface area contributed by atoms with Crippen molar-refractivity contribution >= 4 is 28.3 Å². The molecule has 1 heterocycles. The quantitative estimate of drug-likeness (QED) is 0.900. The van der Waals surface area contributed by atoms with Crippen LogP contribution in [-0.2, 0) is 0 Å². The van der Waals surface area contributed by atoms with Gasteiger partial charge in [0.25, 0.3) is 11.8 Å². The minimum atomic E-state index is -0.668. The molecule has 0 aliphatic carbocycles. The molecule has 1 aromatic heterocycles. The molecule has 0 atom stereocenters. The van der Waals surface area contributed by atoms with Crippen molar-refractivity contribution in [3.05, 3.63) is 46.2 Å². The Morgan fingerprint density at radius 3 is 2.74 bits per heavy atom. The summed E-state index contributed by atoms with van der Waals surface area (Å²) in [5.74, 6) is -1.62. The molecular weight excluding hydrogens is 269 g/mol. The number of hydrogen-bond acceptors (Lipinski definition) is 4. The lowest BCUT2D eigenvalue weighted by atomic mass is 10.1. The number of nitrogens with two attached hydrogens (primary N) is 1. The van der Waals surface area contributed by atoms with E-state index in [-0.39, 0.29) is 16.4 Å². The van der Waals surface area contributed by atoms with E-state index in [0.717, 1.165) is 17.4 Å². The normalized spacial score (nSPS) is 10.2. The summed E-state index contributed by atoms with van der Waals surface area (Å²) in [6.45, 7) is 1.61. The maximum Gasteiger partial charge on any atom is 0.268 e. The highest BCUT2D eigenvalue weighted by atomic mass is 32.1. The molecule has 0 saturated heterocycles. The predicted molar refractivity (Wildman–Crippen MR) is 69.7 cm³/mol. The SMILES string of the molecule is Cc1ccc(C(=O)Nc2nc(C(N)=O)cs2)cc1F. The molecule has 3 N–H and O–H groups in total. The highest BCUT2D eigenvalue weighted by Gasteiger charge is 2.12. The second-order valence-corrected chi connectivity index (χ2v) is 4.68. The van der Waals surface area contributed by atoms with Crippen LogP contribution in [0.5, 0.6) is 0 Å². The molecule has 0 spiro atoms. The molecule has 2 aromatic rings. The van der Waals surface area contributed by atoms with Crippen molar-refractivity contribution in [2.24, 2.45) is 5.73 Å². The van der Waals surface area contributed by atoms with Crippen LogP contribution in [0, 0.1) is 12.7 Å². The van der Waals surface area contributed by atoms with Crippen molar-refractivity contribution in [1.29, 1.82) is 0 Å².